The molecule has 0 fully saturated rings. The largest absolute Gasteiger partial charge is 0.508 e. The highest BCUT2D eigenvalue weighted by Crippen LogP contribution is 2.16. The fraction of sp³-hybridized carbons (Fsp3) is 0.278. The lowest BCUT2D eigenvalue weighted by Gasteiger charge is -2.19. The number of phenols is 1. The second kappa shape index (κ2) is 6.98. The Labute approximate surface area is 131 Å². The third-order valence-electron chi connectivity index (χ3n) is 3.71. The summed E-state index contributed by atoms with van der Waals surface area (Å²) in [6.45, 7) is 3.47. The van der Waals surface area contributed by atoms with Gasteiger partial charge in [-0.25, -0.2) is 0 Å². The molecule has 0 aromatic heterocycles. The number of hydrogen-bond donors (Lipinski definition) is 1. The van der Waals surface area contributed by atoms with Crippen molar-refractivity contribution in [3.8, 4) is 5.75 Å². The van der Waals surface area contributed by atoms with Crippen molar-refractivity contribution in [2.75, 3.05) is 25.5 Å². The van der Waals surface area contributed by atoms with Crippen LogP contribution in [0.2, 0.25) is 0 Å². The standard InChI is InChI=1S/C18H22N2O2/c1-4-19(2)16-10-8-15(9-11-16)18(22)20(3)13-14-6-5-7-17(21)12-14/h5-12,21H,4,13H2,1-3H3. The first-order valence-electron chi connectivity index (χ1n) is 7.36. The maximum atomic E-state index is 12.4. The molecule has 2 aromatic carbocycles. The van der Waals surface area contributed by atoms with Gasteiger partial charge in [0.2, 0.25) is 0 Å². The summed E-state index contributed by atoms with van der Waals surface area (Å²) >= 11 is 0. The minimum Gasteiger partial charge on any atom is -0.508 e. The van der Waals surface area contributed by atoms with Gasteiger partial charge < -0.3 is 14.9 Å². The first-order valence-corrected chi connectivity index (χ1v) is 7.36. The van der Waals surface area contributed by atoms with Crippen LogP contribution >= 0.6 is 0 Å². The van der Waals surface area contributed by atoms with Crippen molar-refractivity contribution in [2.24, 2.45) is 0 Å². The molecule has 0 aliphatic rings. The molecule has 1 amide bonds. The highest BCUT2D eigenvalue weighted by molar-refractivity contribution is 5.94. The lowest BCUT2D eigenvalue weighted by molar-refractivity contribution is 0.0785. The summed E-state index contributed by atoms with van der Waals surface area (Å²) in [6, 6.07) is 14.6. The molecule has 0 bridgehead atoms. The molecule has 0 heterocycles. The van der Waals surface area contributed by atoms with Crippen LogP contribution in [0.25, 0.3) is 0 Å². The van der Waals surface area contributed by atoms with Gasteiger partial charge in [-0.05, 0) is 48.9 Å². The van der Waals surface area contributed by atoms with Crippen LogP contribution in [-0.2, 0) is 6.54 Å². The Hall–Kier alpha value is -2.49. The molecule has 0 atom stereocenters. The molecule has 0 aliphatic carbocycles. The average molecular weight is 298 g/mol. The molecule has 0 radical (unpaired) electrons. The van der Waals surface area contributed by atoms with E-state index in [1.165, 1.54) is 0 Å². The Morgan fingerprint density at radius 3 is 2.36 bits per heavy atom. The van der Waals surface area contributed by atoms with Gasteiger partial charge in [0.1, 0.15) is 5.75 Å². The van der Waals surface area contributed by atoms with Gasteiger partial charge in [0.15, 0.2) is 0 Å². The maximum absolute atomic E-state index is 12.4. The summed E-state index contributed by atoms with van der Waals surface area (Å²) in [5.41, 5.74) is 2.66. The number of hydrogen-bond acceptors (Lipinski definition) is 3. The zero-order valence-electron chi connectivity index (χ0n) is 13.3. The first-order chi connectivity index (χ1) is 10.5. The number of amides is 1. The summed E-state index contributed by atoms with van der Waals surface area (Å²) in [5.74, 6) is 0.180. The van der Waals surface area contributed by atoms with Crippen LogP contribution in [0.5, 0.6) is 5.75 Å². The monoisotopic (exact) mass is 298 g/mol. The molecule has 4 nitrogen and oxygen atoms in total. The predicted molar refractivity (Wildman–Crippen MR) is 89.3 cm³/mol. The third kappa shape index (κ3) is 3.79. The van der Waals surface area contributed by atoms with Crippen molar-refractivity contribution >= 4 is 11.6 Å². The molecule has 22 heavy (non-hydrogen) atoms. The fourth-order valence-electron chi connectivity index (χ4n) is 2.26. The van der Waals surface area contributed by atoms with Crippen molar-refractivity contribution in [2.45, 2.75) is 13.5 Å². The van der Waals surface area contributed by atoms with Crippen molar-refractivity contribution in [1.29, 1.82) is 0 Å². The molecule has 0 spiro atoms. The van der Waals surface area contributed by atoms with Crippen LogP contribution in [-0.4, -0.2) is 36.6 Å². The highest BCUT2D eigenvalue weighted by atomic mass is 16.3. The van der Waals surface area contributed by atoms with Crippen LogP contribution in [0.3, 0.4) is 0 Å². The van der Waals surface area contributed by atoms with Gasteiger partial charge in [-0.15, -0.1) is 0 Å². The Balaban J connectivity index is 2.07. The van der Waals surface area contributed by atoms with E-state index in [9.17, 15) is 9.90 Å². The maximum Gasteiger partial charge on any atom is 0.253 e. The second-order valence-corrected chi connectivity index (χ2v) is 5.39. The number of aromatic hydroxyl groups is 1. The molecule has 4 heteroatoms. The van der Waals surface area contributed by atoms with Gasteiger partial charge >= 0.3 is 0 Å². The Kier molecular flexibility index (Phi) is 5.04. The van der Waals surface area contributed by atoms with E-state index in [4.69, 9.17) is 0 Å². The number of carbonyl (C=O) groups excluding carboxylic acids is 1. The average Bonchev–Trinajstić information content (AvgIpc) is 2.53. The van der Waals surface area contributed by atoms with Gasteiger partial charge in [-0.2, -0.15) is 0 Å². The van der Waals surface area contributed by atoms with E-state index in [1.54, 1.807) is 30.1 Å². The molecular formula is C18H22N2O2. The van der Waals surface area contributed by atoms with E-state index in [1.807, 2.05) is 37.4 Å². The van der Waals surface area contributed by atoms with Crippen LogP contribution in [0.1, 0.15) is 22.8 Å². The van der Waals surface area contributed by atoms with E-state index in [2.05, 4.69) is 11.8 Å². The lowest BCUT2D eigenvalue weighted by atomic mass is 10.1. The van der Waals surface area contributed by atoms with Gasteiger partial charge in [-0.1, -0.05) is 12.1 Å². The first kappa shape index (κ1) is 15.9. The number of nitrogens with zero attached hydrogens (tertiary/aromatic N) is 2. The number of rotatable bonds is 5. The minimum absolute atomic E-state index is 0.0333. The fourth-order valence-corrected chi connectivity index (χ4v) is 2.26. The predicted octanol–water partition coefficient (Wildman–Crippen LogP) is 3.12. The third-order valence-corrected chi connectivity index (χ3v) is 3.71. The van der Waals surface area contributed by atoms with Crippen LogP contribution in [0.15, 0.2) is 48.5 Å². The van der Waals surface area contributed by atoms with E-state index in [-0.39, 0.29) is 11.7 Å². The van der Waals surface area contributed by atoms with E-state index < -0.39 is 0 Å². The van der Waals surface area contributed by atoms with E-state index >= 15 is 0 Å². The molecule has 0 aliphatic heterocycles. The molecule has 0 saturated carbocycles. The number of anilines is 1. The molecule has 0 saturated heterocycles. The highest BCUT2D eigenvalue weighted by Gasteiger charge is 2.12. The van der Waals surface area contributed by atoms with Gasteiger partial charge in [-0.3, -0.25) is 4.79 Å². The van der Waals surface area contributed by atoms with Gasteiger partial charge in [0, 0.05) is 38.4 Å². The second-order valence-electron chi connectivity index (χ2n) is 5.39. The molecule has 2 aromatic rings. The molecule has 2 rings (SSSR count). The molecule has 116 valence electrons. The van der Waals surface area contributed by atoms with Crippen molar-refractivity contribution in [3.63, 3.8) is 0 Å². The molecular weight excluding hydrogens is 276 g/mol. The lowest BCUT2D eigenvalue weighted by Crippen LogP contribution is -2.26. The number of carbonyl (C=O) groups is 1. The summed E-state index contributed by atoms with van der Waals surface area (Å²) in [5, 5.41) is 9.48. The van der Waals surface area contributed by atoms with Crippen molar-refractivity contribution < 1.29 is 9.90 Å². The summed E-state index contributed by atoms with van der Waals surface area (Å²) in [6.07, 6.45) is 0. The Morgan fingerprint density at radius 2 is 1.77 bits per heavy atom. The van der Waals surface area contributed by atoms with Crippen LogP contribution in [0, 0.1) is 0 Å². The number of benzene rings is 2. The Bertz CT molecular complexity index is 638. The van der Waals surface area contributed by atoms with E-state index in [0.29, 0.717) is 12.1 Å². The zero-order chi connectivity index (χ0) is 16.1. The normalized spacial score (nSPS) is 10.3. The topological polar surface area (TPSA) is 43.8 Å². The van der Waals surface area contributed by atoms with Crippen molar-refractivity contribution in [1.82, 2.24) is 4.90 Å². The quantitative estimate of drug-likeness (QED) is 0.922. The smallest absolute Gasteiger partial charge is 0.253 e. The van der Waals surface area contributed by atoms with E-state index in [0.717, 1.165) is 17.8 Å². The van der Waals surface area contributed by atoms with Crippen LogP contribution < -0.4 is 4.90 Å². The zero-order valence-corrected chi connectivity index (χ0v) is 13.3. The Morgan fingerprint density at radius 1 is 1.09 bits per heavy atom. The molecule has 0 unspecified atom stereocenters. The summed E-state index contributed by atoms with van der Waals surface area (Å²) in [7, 11) is 3.78. The summed E-state index contributed by atoms with van der Waals surface area (Å²) in [4.78, 5) is 16.2. The van der Waals surface area contributed by atoms with Gasteiger partial charge in [0.05, 0.1) is 0 Å². The molecule has 1 N–H and O–H groups in total. The SMILES string of the molecule is CCN(C)c1ccc(C(=O)N(C)Cc2cccc(O)c2)cc1. The van der Waals surface area contributed by atoms with Gasteiger partial charge in [0.25, 0.3) is 5.91 Å². The summed E-state index contributed by atoms with van der Waals surface area (Å²) < 4.78 is 0. The number of phenolic OH excluding ortho intramolecular Hbond substituents is 1. The van der Waals surface area contributed by atoms with Crippen LogP contribution in [0.4, 0.5) is 5.69 Å². The van der Waals surface area contributed by atoms with Crippen molar-refractivity contribution in [3.05, 3.63) is 59.7 Å². The minimum atomic E-state index is -0.0333.